The number of furan rings is 1. The predicted octanol–water partition coefficient (Wildman–Crippen LogP) is 3.06. The van der Waals surface area contributed by atoms with Crippen LogP contribution in [-0.4, -0.2) is 66.4 Å². The molecule has 1 aliphatic carbocycles. The SMILES string of the molecule is Cc1ccc(C(=O)N2CCN(C(=O)CCCCCNC(=O)NC3CCCCC3)CC2)o1. The van der Waals surface area contributed by atoms with Crippen molar-refractivity contribution in [1.29, 1.82) is 0 Å². The maximum Gasteiger partial charge on any atom is 0.315 e. The van der Waals surface area contributed by atoms with Crippen molar-refractivity contribution in [2.24, 2.45) is 0 Å². The lowest BCUT2D eigenvalue weighted by atomic mass is 9.96. The minimum atomic E-state index is -0.111. The molecule has 1 aromatic heterocycles. The third-order valence-corrected chi connectivity index (χ3v) is 6.16. The number of nitrogens with zero attached hydrogens (tertiary/aromatic N) is 2. The number of nitrogens with one attached hydrogen (secondary N) is 2. The van der Waals surface area contributed by atoms with Crippen LogP contribution in [0.2, 0.25) is 0 Å². The highest BCUT2D eigenvalue weighted by Gasteiger charge is 2.26. The molecule has 0 spiro atoms. The van der Waals surface area contributed by atoms with Gasteiger partial charge in [-0.05, 0) is 44.7 Å². The highest BCUT2D eigenvalue weighted by atomic mass is 16.3. The maximum atomic E-state index is 12.4. The molecule has 2 heterocycles. The molecule has 2 N–H and O–H groups in total. The first-order valence-electron chi connectivity index (χ1n) is 11.7. The molecule has 0 radical (unpaired) electrons. The fourth-order valence-electron chi connectivity index (χ4n) is 4.29. The molecule has 0 bridgehead atoms. The second-order valence-corrected chi connectivity index (χ2v) is 8.63. The first-order chi connectivity index (χ1) is 15.0. The summed E-state index contributed by atoms with van der Waals surface area (Å²) < 4.78 is 5.41. The summed E-state index contributed by atoms with van der Waals surface area (Å²) in [6.07, 6.45) is 8.96. The van der Waals surface area contributed by atoms with Gasteiger partial charge >= 0.3 is 6.03 Å². The van der Waals surface area contributed by atoms with E-state index >= 15 is 0 Å². The molecule has 2 fully saturated rings. The second-order valence-electron chi connectivity index (χ2n) is 8.63. The summed E-state index contributed by atoms with van der Waals surface area (Å²) >= 11 is 0. The Labute approximate surface area is 184 Å². The van der Waals surface area contributed by atoms with Crippen LogP contribution >= 0.6 is 0 Å². The van der Waals surface area contributed by atoms with Crippen LogP contribution in [0.5, 0.6) is 0 Å². The van der Waals surface area contributed by atoms with Crippen molar-refractivity contribution in [3.63, 3.8) is 0 Å². The molecular formula is C23H36N4O4. The third kappa shape index (κ3) is 7.29. The standard InChI is InChI=1S/C23H36N4O4/c1-18-11-12-20(31-18)22(29)27-16-14-26(15-17-27)21(28)10-6-3-7-13-24-23(30)25-19-8-4-2-5-9-19/h11-12,19H,2-10,13-17H2,1H3,(H2,24,25,30). The highest BCUT2D eigenvalue weighted by Crippen LogP contribution is 2.17. The van der Waals surface area contributed by atoms with Crippen LogP contribution in [0.15, 0.2) is 16.5 Å². The van der Waals surface area contributed by atoms with Gasteiger partial charge in [0.1, 0.15) is 5.76 Å². The first kappa shape index (κ1) is 23.2. The van der Waals surface area contributed by atoms with Crippen molar-refractivity contribution < 1.29 is 18.8 Å². The third-order valence-electron chi connectivity index (χ3n) is 6.16. The smallest absolute Gasteiger partial charge is 0.315 e. The van der Waals surface area contributed by atoms with E-state index in [1.165, 1.54) is 19.3 Å². The average Bonchev–Trinajstić information content (AvgIpc) is 3.22. The average molecular weight is 433 g/mol. The number of piperazine rings is 1. The summed E-state index contributed by atoms with van der Waals surface area (Å²) in [5.41, 5.74) is 0. The van der Waals surface area contributed by atoms with Gasteiger partial charge in [-0.1, -0.05) is 25.7 Å². The summed E-state index contributed by atoms with van der Waals surface area (Å²) in [6.45, 7) is 4.64. The fraction of sp³-hybridized carbons (Fsp3) is 0.696. The van der Waals surface area contributed by atoms with E-state index in [0.29, 0.717) is 50.9 Å². The first-order valence-corrected chi connectivity index (χ1v) is 11.7. The Morgan fingerprint density at radius 1 is 0.968 bits per heavy atom. The minimum Gasteiger partial charge on any atom is -0.456 e. The molecule has 31 heavy (non-hydrogen) atoms. The normalized spacial score (nSPS) is 17.5. The number of aryl methyl sites for hydroxylation is 1. The summed E-state index contributed by atoms with van der Waals surface area (Å²) in [4.78, 5) is 40.3. The molecule has 4 amide bonds. The molecule has 8 heteroatoms. The van der Waals surface area contributed by atoms with Crippen LogP contribution in [0.1, 0.15) is 74.1 Å². The quantitative estimate of drug-likeness (QED) is 0.617. The van der Waals surface area contributed by atoms with E-state index in [4.69, 9.17) is 4.42 Å². The Balaban J connectivity index is 1.23. The Bertz CT molecular complexity index is 734. The summed E-state index contributed by atoms with van der Waals surface area (Å²) in [5.74, 6) is 1.11. The number of hydrogen-bond acceptors (Lipinski definition) is 4. The van der Waals surface area contributed by atoms with Gasteiger partial charge in [0.05, 0.1) is 0 Å². The Morgan fingerprint density at radius 2 is 1.68 bits per heavy atom. The van der Waals surface area contributed by atoms with Gasteiger partial charge in [-0.3, -0.25) is 9.59 Å². The Hall–Kier alpha value is -2.51. The van der Waals surface area contributed by atoms with E-state index in [2.05, 4.69) is 10.6 Å². The van der Waals surface area contributed by atoms with Gasteiger partial charge < -0.3 is 24.9 Å². The monoisotopic (exact) mass is 432 g/mol. The van der Waals surface area contributed by atoms with Crippen LogP contribution in [0.4, 0.5) is 4.79 Å². The largest absolute Gasteiger partial charge is 0.456 e. The van der Waals surface area contributed by atoms with E-state index in [1.807, 2.05) is 11.8 Å². The highest BCUT2D eigenvalue weighted by molar-refractivity contribution is 5.91. The van der Waals surface area contributed by atoms with Crippen molar-refractivity contribution >= 4 is 17.8 Å². The van der Waals surface area contributed by atoms with E-state index in [9.17, 15) is 14.4 Å². The van der Waals surface area contributed by atoms with E-state index in [0.717, 1.165) is 37.9 Å². The predicted molar refractivity (Wildman–Crippen MR) is 118 cm³/mol. The molecule has 172 valence electrons. The molecule has 8 nitrogen and oxygen atoms in total. The van der Waals surface area contributed by atoms with Crippen molar-refractivity contribution in [3.05, 3.63) is 23.7 Å². The zero-order chi connectivity index (χ0) is 22.1. The molecule has 2 aliphatic rings. The number of unbranched alkanes of at least 4 members (excludes halogenated alkanes) is 2. The van der Waals surface area contributed by atoms with Gasteiger partial charge in [-0.2, -0.15) is 0 Å². The van der Waals surface area contributed by atoms with Gasteiger partial charge in [-0.25, -0.2) is 4.79 Å². The molecule has 0 unspecified atom stereocenters. The van der Waals surface area contributed by atoms with Gasteiger partial charge in [0.25, 0.3) is 5.91 Å². The number of hydrogen-bond donors (Lipinski definition) is 2. The lowest BCUT2D eigenvalue weighted by Gasteiger charge is -2.34. The van der Waals surface area contributed by atoms with Crippen molar-refractivity contribution in [1.82, 2.24) is 20.4 Å². The molecule has 0 atom stereocenters. The molecule has 1 aromatic rings. The zero-order valence-corrected chi connectivity index (χ0v) is 18.7. The van der Waals surface area contributed by atoms with Crippen LogP contribution in [0, 0.1) is 6.92 Å². The van der Waals surface area contributed by atoms with Crippen LogP contribution in [-0.2, 0) is 4.79 Å². The lowest BCUT2D eigenvalue weighted by molar-refractivity contribution is -0.132. The number of carbonyl (C=O) groups excluding carboxylic acids is 3. The number of rotatable bonds is 8. The maximum absolute atomic E-state index is 12.4. The summed E-state index contributed by atoms with van der Waals surface area (Å²) in [6, 6.07) is 3.74. The molecule has 1 saturated carbocycles. The van der Waals surface area contributed by atoms with Gasteiger partial charge in [-0.15, -0.1) is 0 Å². The van der Waals surface area contributed by atoms with Crippen molar-refractivity contribution in [2.45, 2.75) is 70.8 Å². The van der Waals surface area contributed by atoms with Crippen LogP contribution in [0.25, 0.3) is 0 Å². The number of amides is 4. The molecular weight excluding hydrogens is 396 g/mol. The molecule has 0 aromatic carbocycles. The topological polar surface area (TPSA) is 94.9 Å². The van der Waals surface area contributed by atoms with Crippen LogP contribution < -0.4 is 10.6 Å². The van der Waals surface area contributed by atoms with Gasteiger partial charge in [0.2, 0.25) is 5.91 Å². The Morgan fingerprint density at radius 3 is 2.35 bits per heavy atom. The zero-order valence-electron chi connectivity index (χ0n) is 18.7. The van der Waals surface area contributed by atoms with Crippen molar-refractivity contribution in [3.8, 4) is 0 Å². The Kier molecular flexibility index (Phi) is 8.79. The van der Waals surface area contributed by atoms with E-state index < -0.39 is 0 Å². The second kappa shape index (κ2) is 11.8. The summed E-state index contributed by atoms with van der Waals surface area (Å²) in [5, 5.41) is 5.97. The van der Waals surface area contributed by atoms with Crippen LogP contribution in [0.3, 0.4) is 0 Å². The molecule has 1 aliphatic heterocycles. The van der Waals surface area contributed by atoms with Crippen molar-refractivity contribution in [2.75, 3.05) is 32.7 Å². The van der Waals surface area contributed by atoms with E-state index in [1.54, 1.807) is 17.0 Å². The van der Waals surface area contributed by atoms with Gasteiger partial charge in [0, 0.05) is 45.2 Å². The minimum absolute atomic E-state index is 0.0693. The van der Waals surface area contributed by atoms with E-state index in [-0.39, 0.29) is 17.8 Å². The number of carbonyl (C=O) groups is 3. The fourth-order valence-corrected chi connectivity index (χ4v) is 4.29. The molecule has 3 rings (SSSR count). The summed E-state index contributed by atoms with van der Waals surface area (Å²) in [7, 11) is 0. The molecule has 1 saturated heterocycles. The number of urea groups is 1. The van der Waals surface area contributed by atoms with Gasteiger partial charge in [0.15, 0.2) is 5.76 Å². The lowest BCUT2D eigenvalue weighted by Crippen LogP contribution is -2.50.